The number of anilines is 1. The van der Waals surface area contributed by atoms with Gasteiger partial charge in [0.25, 0.3) is 5.91 Å². The zero-order valence-electron chi connectivity index (χ0n) is 8.57. The number of nitrogens with zero attached hydrogens (tertiary/aromatic N) is 1. The van der Waals surface area contributed by atoms with Crippen molar-refractivity contribution in [2.24, 2.45) is 0 Å². The van der Waals surface area contributed by atoms with Crippen molar-refractivity contribution in [3.63, 3.8) is 0 Å². The lowest BCUT2D eigenvalue weighted by atomic mass is 10.3. The summed E-state index contributed by atoms with van der Waals surface area (Å²) in [4.78, 5) is 15.6. The Morgan fingerprint density at radius 1 is 1.69 bits per heavy atom. The maximum Gasteiger partial charge on any atom is 0.254 e. The second-order valence-corrected chi connectivity index (χ2v) is 3.81. The van der Waals surface area contributed by atoms with Gasteiger partial charge in [0.1, 0.15) is 11.3 Å². The number of aromatic nitrogens is 1. The van der Waals surface area contributed by atoms with E-state index in [0.29, 0.717) is 24.0 Å². The lowest BCUT2D eigenvalue weighted by Gasteiger charge is -2.22. The first kappa shape index (κ1) is 11.3. The van der Waals surface area contributed by atoms with Gasteiger partial charge in [-0.1, -0.05) is 11.6 Å². The Morgan fingerprint density at radius 3 is 3.25 bits per heavy atom. The van der Waals surface area contributed by atoms with Gasteiger partial charge in [0, 0.05) is 25.0 Å². The molecule has 86 valence electrons. The third kappa shape index (κ3) is 2.91. The monoisotopic (exact) mass is 241 g/mol. The molecule has 2 heterocycles. The summed E-state index contributed by atoms with van der Waals surface area (Å²) in [5.74, 6) is -0.172. The van der Waals surface area contributed by atoms with E-state index in [1.54, 1.807) is 12.1 Å². The van der Waals surface area contributed by atoms with Crippen LogP contribution in [0.15, 0.2) is 18.3 Å². The molecule has 2 rings (SSSR count). The lowest BCUT2D eigenvalue weighted by Crippen LogP contribution is -2.45. The normalized spacial score (nSPS) is 20.4. The number of carbonyl (C=O) groups is 1. The van der Waals surface area contributed by atoms with Crippen molar-refractivity contribution in [3.05, 3.63) is 23.5 Å². The lowest BCUT2D eigenvalue weighted by molar-refractivity contribution is -0.128. The topological polar surface area (TPSA) is 63.2 Å². The van der Waals surface area contributed by atoms with Crippen LogP contribution < -0.4 is 10.6 Å². The fourth-order valence-electron chi connectivity index (χ4n) is 1.44. The van der Waals surface area contributed by atoms with Crippen molar-refractivity contribution in [1.82, 2.24) is 10.3 Å². The minimum Gasteiger partial charge on any atom is -0.366 e. The van der Waals surface area contributed by atoms with Crippen molar-refractivity contribution in [3.8, 4) is 0 Å². The maximum atomic E-state index is 11.7. The number of pyridine rings is 1. The summed E-state index contributed by atoms with van der Waals surface area (Å²) in [6, 6.07) is 3.27. The Balaban J connectivity index is 1.96. The van der Waals surface area contributed by atoms with Crippen LogP contribution in [-0.2, 0) is 9.53 Å². The van der Waals surface area contributed by atoms with E-state index in [2.05, 4.69) is 15.6 Å². The highest BCUT2D eigenvalue weighted by Gasteiger charge is 2.21. The molecule has 2 N–H and O–H groups in total. The molecule has 1 aromatic rings. The van der Waals surface area contributed by atoms with Crippen molar-refractivity contribution < 1.29 is 9.53 Å². The molecule has 1 fully saturated rings. The number of nitrogens with one attached hydrogen (secondary N) is 2. The number of carbonyl (C=O) groups excluding carboxylic acids is 1. The van der Waals surface area contributed by atoms with Crippen LogP contribution in [-0.4, -0.2) is 36.7 Å². The predicted molar refractivity (Wildman–Crippen MR) is 60.5 cm³/mol. The van der Waals surface area contributed by atoms with Crippen LogP contribution in [0.5, 0.6) is 0 Å². The molecule has 1 saturated heterocycles. The maximum absolute atomic E-state index is 11.7. The third-order valence-corrected chi connectivity index (χ3v) is 2.42. The number of rotatable bonds is 2. The van der Waals surface area contributed by atoms with E-state index in [-0.39, 0.29) is 5.91 Å². The van der Waals surface area contributed by atoms with Gasteiger partial charge < -0.3 is 15.4 Å². The summed E-state index contributed by atoms with van der Waals surface area (Å²) in [6.07, 6.45) is 1.10. The van der Waals surface area contributed by atoms with E-state index in [0.717, 1.165) is 6.54 Å². The Labute approximate surface area is 98.1 Å². The van der Waals surface area contributed by atoms with Gasteiger partial charge in [0.2, 0.25) is 0 Å². The number of morpholine rings is 1. The zero-order chi connectivity index (χ0) is 11.4. The summed E-state index contributed by atoms with van der Waals surface area (Å²) >= 11 is 5.71. The van der Waals surface area contributed by atoms with Crippen molar-refractivity contribution in [2.45, 2.75) is 6.10 Å². The quantitative estimate of drug-likeness (QED) is 0.747. The molecule has 16 heavy (non-hydrogen) atoms. The molecule has 0 saturated carbocycles. The average Bonchev–Trinajstić information content (AvgIpc) is 2.30. The van der Waals surface area contributed by atoms with E-state index in [4.69, 9.17) is 16.3 Å². The fraction of sp³-hybridized carbons (Fsp3) is 0.400. The fourth-order valence-corrected chi connectivity index (χ4v) is 1.61. The smallest absolute Gasteiger partial charge is 0.254 e. The summed E-state index contributed by atoms with van der Waals surface area (Å²) in [7, 11) is 0. The Kier molecular flexibility index (Phi) is 3.71. The molecular formula is C10H12ClN3O2. The van der Waals surface area contributed by atoms with Gasteiger partial charge in [-0.05, 0) is 12.1 Å². The molecule has 0 radical (unpaired) electrons. The van der Waals surface area contributed by atoms with E-state index in [1.165, 1.54) is 6.20 Å². The summed E-state index contributed by atoms with van der Waals surface area (Å²) < 4.78 is 5.32. The van der Waals surface area contributed by atoms with Gasteiger partial charge >= 0.3 is 0 Å². The van der Waals surface area contributed by atoms with Crippen LogP contribution in [0.3, 0.4) is 0 Å². The number of hydrogen-bond donors (Lipinski definition) is 2. The molecular weight excluding hydrogens is 230 g/mol. The first-order valence-corrected chi connectivity index (χ1v) is 5.38. The van der Waals surface area contributed by atoms with Crippen LogP contribution >= 0.6 is 11.6 Å². The zero-order valence-corrected chi connectivity index (χ0v) is 9.33. The second-order valence-electron chi connectivity index (χ2n) is 3.42. The molecule has 6 heteroatoms. The van der Waals surface area contributed by atoms with E-state index in [9.17, 15) is 4.79 Å². The van der Waals surface area contributed by atoms with Gasteiger partial charge in [-0.25, -0.2) is 4.98 Å². The van der Waals surface area contributed by atoms with Crippen LogP contribution in [0, 0.1) is 0 Å². The summed E-state index contributed by atoms with van der Waals surface area (Å²) in [6.45, 7) is 1.87. The third-order valence-electron chi connectivity index (χ3n) is 2.21. The molecule has 1 aromatic heterocycles. The Hall–Kier alpha value is -1.17. The predicted octanol–water partition coefficient (Wildman–Crippen LogP) is 0.662. The van der Waals surface area contributed by atoms with Gasteiger partial charge in [-0.15, -0.1) is 0 Å². The SMILES string of the molecule is O=C(Nc1ccnc(Cl)c1)C1CNCCO1. The van der Waals surface area contributed by atoms with E-state index in [1.807, 2.05) is 0 Å². The number of ether oxygens (including phenoxy) is 1. The molecule has 1 unspecified atom stereocenters. The Bertz CT molecular complexity index is 380. The highest BCUT2D eigenvalue weighted by atomic mass is 35.5. The van der Waals surface area contributed by atoms with Crippen LogP contribution in [0.2, 0.25) is 5.15 Å². The van der Waals surface area contributed by atoms with E-state index < -0.39 is 6.10 Å². The summed E-state index contributed by atoms with van der Waals surface area (Å²) in [5.41, 5.74) is 0.624. The molecule has 0 aliphatic carbocycles. The second kappa shape index (κ2) is 5.25. The van der Waals surface area contributed by atoms with Crippen molar-refractivity contribution >= 4 is 23.2 Å². The molecule has 0 aromatic carbocycles. The molecule has 1 aliphatic rings. The van der Waals surface area contributed by atoms with Crippen molar-refractivity contribution in [2.75, 3.05) is 25.0 Å². The minimum atomic E-state index is -0.444. The van der Waals surface area contributed by atoms with Crippen molar-refractivity contribution in [1.29, 1.82) is 0 Å². The molecule has 0 spiro atoms. The van der Waals surface area contributed by atoms with Crippen LogP contribution in [0.1, 0.15) is 0 Å². The summed E-state index contributed by atoms with van der Waals surface area (Å²) in [5, 5.41) is 6.16. The molecule has 1 atom stereocenters. The first-order chi connectivity index (χ1) is 7.75. The number of amides is 1. The first-order valence-electron chi connectivity index (χ1n) is 5.00. The van der Waals surface area contributed by atoms with Gasteiger partial charge in [0.05, 0.1) is 6.61 Å². The highest BCUT2D eigenvalue weighted by Crippen LogP contribution is 2.12. The van der Waals surface area contributed by atoms with Gasteiger partial charge in [-0.3, -0.25) is 4.79 Å². The number of halogens is 1. The van der Waals surface area contributed by atoms with E-state index >= 15 is 0 Å². The molecule has 5 nitrogen and oxygen atoms in total. The standard InChI is InChI=1S/C10H12ClN3O2/c11-9-5-7(1-2-13-9)14-10(15)8-6-12-3-4-16-8/h1-2,5,8,12H,3-4,6H2,(H,13,14,15). The molecule has 1 amide bonds. The Morgan fingerprint density at radius 2 is 2.56 bits per heavy atom. The van der Waals surface area contributed by atoms with Gasteiger partial charge in [0.15, 0.2) is 0 Å². The molecule has 1 aliphatic heterocycles. The highest BCUT2D eigenvalue weighted by molar-refractivity contribution is 6.29. The van der Waals surface area contributed by atoms with Gasteiger partial charge in [-0.2, -0.15) is 0 Å². The van der Waals surface area contributed by atoms with Crippen LogP contribution in [0.25, 0.3) is 0 Å². The van der Waals surface area contributed by atoms with Crippen LogP contribution in [0.4, 0.5) is 5.69 Å². The number of hydrogen-bond acceptors (Lipinski definition) is 4. The molecule has 0 bridgehead atoms. The average molecular weight is 242 g/mol. The minimum absolute atomic E-state index is 0.172. The largest absolute Gasteiger partial charge is 0.366 e.